The lowest BCUT2D eigenvalue weighted by molar-refractivity contribution is -0.149. The molecule has 0 aromatic carbocycles. The zero-order chi connectivity index (χ0) is 14.5. The number of likely N-dealkylation sites (tertiary alicyclic amines) is 2. The lowest BCUT2D eigenvalue weighted by Gasteiger charge is -2.26. The summed E-state index contributed by atoms with van der Waals surface area (Å²) in [7, 11) is 0. The molecule has 0 spiro atoms. The van der Waals surface area contributed by atoms with Crippen molar-refractivity contribution in [2.24, 2.45) is 5.41 Å². The summed E-state index contributed by atoms with van der Waals surface area (Å²) in [5.41, 5.74) is -0.754. The van der Waals surface area contributed by atoms with E-state index in [9.17, 15) is 19.5 Å². The van der Waals surface area contributed by atoms with Gasteiger partial charge in [-0.25, -0.2) is 0 Å². The number of rotatable bonds is 4. The molecule has 20 heavy (non-hydrogen) atoms. The molecule has 3 rings (SSSR count). The van der Waals surface area contributed by atoms with Gasteiger partial charge in [-0.15, -0.1) is 0 Å². The first-order valence-corrected chi connectivity index (χ1v) is 7.32. The van der Waals surface area contributed by atoms with Gasteiger partial charge in [0.2, 0.25) is 11.8 Å². The minimum atomic E-state index is -0.793. The fourth-order valence-electron chi connectivity index (χ4n) is 3.42. The summed E-state index contributed by atoms with van der Waals surface area (Å²) in [5, 5.41) is 9.40. The minimum Gasteiger partial charge on any atom is -0.481 e. The van der Waals surface area contributed by atoms with Crippen LogP contribution in [0.4, 0.5) is 0 Å². The predicted molar refractivity (Wildman–Crippen MR) is 69.8 cm³/mol. The Kier molecular flexibility index (Phi) is 3.08. The molecule has 2 atom stereocenters. The number of hydrogen-bond donors (Lipinski definition) is 1. The standard InChI is InChI=1S/C14H20N2O4/c1-2-14(13(19)20)5-6-15(8-14)10-7-11(17)16(12(10)18)9-3-4-9/h9-10H,2-8H2,1H3,(H,19,20). The topological polar surface area (TPSA) is 77.9 Å². The van der Waals surface area contributed by atoms with Gasteiger partial charge in [0.05, 0.1) is 17.9 Å². The number of amides is 2. The van der Waals surface area contributed by atoms with Crippen molar-refractivity contribution in [3.05, 3.63) is 0 Å². The van der Waals surface area contributed by atoms with Gasteiger partial charge in [-0.2, -0.15) is 0 Å². The molecule has 2 amide bonds. The number of nitrogens with zero attached hydrogens (tertiary/aromatic N) is 2. The second kappa shape index (κ2) is 4.55. The van der Waals surface area contributed by atoms with E-state index in [4.69, 9.17) is 0 Å². The molecule has 0 aromatic heterocycles. The molecule has 6 nitrogen and oxygen atoms in total. The molecule has 110 valence electrons. The van der Waals surface area contributed by atoms with Crippen LogP contribution >= 0.6 is 0 Å². The third-order valence-electron chi connectivity index (χ3n) is 5.03. The predicted octanol–water partition coefficient (Wildman–Crippen LogP) is 0.463. The Bertz CT molecular complexity index is 474. The quantitative estimate of drug-likeness (QED) is 0.757. The summed E-state index contributed by atoms with van der Waals surface area (Å²) in [6.07, 6.45) is 3.16. The van der Waals surface area contributed by atoms with Gasteiger partial charge in [0.15, 0.2) is 0 Å². The molecule has 2 unspecified atom stereocenters. The first kappa shape index (κ1) is 13.5. The Morgan fingerprint density at radius 2 is 2.10 bits per heavy atom. The molecule has 3 fully saturated rings. The average molecular weight is 280 g/mol. The molecular formula is C14H20N2O4. The number of imide groups is 1. The van der Waals surface area contributed by atoms with Gasteiger partial charge < -0.3 is 5.11 Å². The van der Waals surface area contributed by atoms with Gasteiger partial charge in [-0.3, -0.25) is 24.2 Å². The first-order chi connectivity index (χ1) is 9.48. The van der Waals surface area contributed by atoms with Crippen LogP contribution in [0.5, 0.6) is 0 Å². The second-order valence-corrected chi connectivity index (χ2v) is 6.21. The molecule has 3 aliphatic rings. The number of aliphatic carboxylic acids is 1. The summed E-state index contributed by atoms with van der Waals surface area (Å²) in [5.74, 6) is -1.00. The average Bonchev–Trinajstić information content (AvgIpc) is 3.05. The number of carbonyl (C=O) groups excluding carboxylic acids is 2. The van der Waals surface area contributed by atoms with Crippen molar-refractivity contribution < 1.29 is 19.5 Å². The Morgan fingerprint density at radius 1 is 1.40 bits per heavy atom. The summed E-state index contributed by atoms with van der Waals surface area (Å²) in [4.78, 5) is 39.1. The summed E-state index contributed by atoms with van der Waals surface area (Å²) < 4.78 is 0. The van der Waals surface area contributed by atoms with E-state index in [1.54, 1.807) is 0 Å². The van der Waals surface area contributed by atoms with E-state index in [2.05, 4.69) is 0 Å². The molecule has 0 aromatic rings. The molecule has 1 aliphatic carbocycles. The second-order valence-electron chi connectivity index (χ2n) is 6.21. The van der Waals surface area contributed by atoms with Crippen LogP contribution < -0.4 is 0 Å². The number of carboxylic acid groups (broad SMARTS) is 1. The first-order valence-electron chi connectivity index (χ1n) is 7.32. The van der Waals surface area contributed by atoms with Crippen molar-refractivity contribution in [1.82, 2.24) is 9.80 Å². The normalized spacial score (nSPS) is 35.0. The fraction of sp³-hybridized carbons (Fsp3) is 0.786. The van der Waals surface area contributed by atoms with Crippen LogP contribution in [0.15, 0.2) is 0 Å². The molecule has 1 saturated carbocycles. The van der Waals surface area contributed by atoms with Gasteiger partial charge in [0, 0.05) is 19.1 Å². The van der Waals surface area contributed by atoms with Crippen LogP contribution in [0, 0.1) is 5.41 Å². The van der Waals surface area contributed by atoms with Crippen LogP contribution in [-0.4, -0.2) is 57.9 Å². The Balaban J connectivity index is 1.74. The summed E-state index contributed by atoms with van der Waals surface area (Å²) in [6, 6.07) is -0.325. The van der Waals surface area contributed by atoms with Crippen LogP contribution in [0.2, 0.25) is 0 Å². The zero-order valence-corrected chi connectivity index (χ0v) is 11.7. The Hall–Kier alpha value is -1.43. The summed E-state index contributed by atoms with van der Waals surface area (Å²) in [6.45, 7) is 2.83. The summed E-state index contributed by atoms with van der Waals surface area (Å²) >= 11 is 0. The molecule has 0 bridgehead atoms. The molecule has 2 saturated heterocycles. The van der Waals surface area contributed by atoms with Crippen LogP contribution in [0.1, 0.15) is 39.0 Å². The molecule has 2 heterocycles. The SMILES string of the molecule is CCC1(C(=O)O)CCN(C2CC(=O)N(C3CC3)C2=O)C1. The minimum absolute atomic E-state index is 0.0909. The van der Waals surface area contributed by atoms with Crippen LogP contribution in [0.25, 0.3) is 0 Å². The highest BCUT2D eigenvalue weighted by Crippen LogP contribution is 2.39. The number of carbonyl (C=O) groups is 3. The maximum Gasteiger partial charge on any atom is 0.310 e. The fourth-order valence-corrected chi connectivity index (χ4v) is 3.42. The molecule has 2 aliphatic heterocycles. The van der Waals surface area contributed by atoms with E-state index >= 15 is 0 Å². The van der Waals surface area contributed by atoms with Crippen molar-refractivity contribution >= 4 is 17.8 Å². The van der Waals surface area contributed by atoms with Gasteiger partial charge in [0.25, 0.3) is 0 Å². The van der Waals surface area contributed by atoms with E-state index in [-0.39, 0.29) is 24.3 Å². The maximum atomic E-state index is 12.4. The van der Waals surface area contributed by atoms with Crippen molar-refractivity contribution in [1.29, 1.82) is 0 Å². The van der Waals surface area contributed by atoms with E-state index in [0.717, 1.165) is 12.8 Å². The van der Waals surface area contributed by atoms with E-state index in [1.807, 2.05) is 11.8 Å². The monoisotopic (exact) mass is 280 g/mol. The van der Waals surface area contributed by atoms with E-state index in [0.29, 0.717) is 25.9 Å². The largest absolute Gasteiger partial charge is 0.481 e. The van der Waals surface area contributed by atoms with Crippen molar-refractivity contribution in [3.63, 3.8) is 0 Å². The van der Waals surface area contributed by atoms with Crippen LogP contribution in [0.3, 0.4) is 0 Å². The molecule has 1 N–H and O–H groups in total. The van der Waals surface area contributed by atoms with E-state index in [1.165, 1.54) is 4.90 Å². The highest BCUT2D eigenvalue weighted by molar-refractivity contribution is 6.06. The van der Waals surface area contributed by atoms with Gasteiger partial charge in [0.1, 0.15) is 0 Å². The van der Waals surface area contributed by atoms with Gasteiger partial charge in [-0.1, -0.05) is 6.92 Å². The lowest BCUT2D eigenvalue weighted by atomic mass is 9.84. The molecular weight excluding hydrogens is 260 g/mol. The smallest absolute Gasteiger partial charge is 0.310 e. The zero-order valence-electron chi connectivity index (χ0n) is 11.7. The van der Waals surface area contributed by atoms with Crippen molar-refractivity contribution in [2.45, 2.75) is 51.1 Å². The number of hydrogen-bond acceptors (Lipinski definition) is 4. The molecule has 0 radical (unpaired) electrons. The Labute approximate surface area is 117 Å². The maximum absolute atomic E-state index is 12.4. The number of carboxylic acids is 1. The van der Waals surface area contributed by atoms with Crippen molar-refractivity contribution in [3.8, 4) is 0 Å². The molecule has 6 heteroatoms. The van der Waals surface area contributed by atoms with E-state index < -0.39 is 17.4 Å². The van der Waals surface area contributed by atoms with Crippen LogP contribution in [-0.2, 0) is 14.4 Å². The van der Waals surface area contributed by atoms with Gasteiger partial charge >= 0.3 is 5.97 Å². The lowest BCUT2D eigenvalue weighted by Crippen LogP contribution is -2.43. The third kappa shape index (κ3) is 1.93. The Morgan fingerprint density at radius 3 is 2.60 bits per heavy atom. The van der Waals surface area contributed by atoms with Gasteiger partial charge in [-0.05, 0) is 25.7 Å². The third-order valence-corrected chi connectivity index (χ3v) is 5.03. The van der Waals surface area contributed by atoms with Crippen molar-refractivity contribution in [2.75, 3.05) is 13.1 Å². The highest BCUT2D eigenvalue weighted by Gasteiger charge is 2.52. The highest BCUT2D eigenvalue weighted by atomic mass is 16.4.